The Kier molecular flexibility index (Phi) is 2.55. The van der Waals surface area contributed by atoms with Gasteiger partial charge in [-0.2, -0.15) is 0 Å². The normalized spacial score (nSPS) is 41.7. The highest BCUT2D eigenvalue weighted by molar-refractivity contribution is 6.21. The fourth-order valence-electron chi connectivity index (χ4n) is 1.08. The van der Waals surface area contributed by atoms with Crippen LogP contribution in [0.4, 0.5) is 0 Å². The first kappa shape index (κ1) is 8.31. The van der Waals surface area contributed by atoms with Crippen molar-refractivity contribution in [2.45, 2.75) is 30.9 Å². The zero-order valence-corrected chi connectivity index (χ0v) is 7.15. The summed E-state index contributed by atoms with van der Waals surface area (Å²) in [6.45, 7) is 2.64. The first-order valence-corrected chi connectivity index (χ1v) is 3.96. The molecular weight excluding hydrogens is 152 g/mol. The summed E-state index contributed by atoms with van der Waals surface area (Å²) >= 11 is 5.97. The third kappa shape index (κ3) is 1.44. The van der Waals surface area contributed by atoms with E-state index in [2.05, 4.69) is 0 Å². The Bertz CT molecular complexity index is 118. The molecule has 0 aromatic heterocycles. The number of hydrogen-bond acceptors (Lipinski definition) is 2. The summed E-state index contributed by atoms with van der Waals surface area (Å²) in [5, 5.41) is -0.00810. The van der Waals surface area contributed by atoms with E-state index < -0.39 is 5.79 Å². The maximum Gasteiger partial charge on any atom is 0.181 e. The molecule has 0 saturated carbocycles. The molecule has 1 rings (SSSR count). The van der Waals surface area contributed by atoms with Gasteiger partial charge >= 0.3 is 0 Å². The molecule has 1 heterocycles. The van der Waals surface area contributed by atoms with Crippen LogP contribution in [0.5, 0.6) is 0 Å². The molecule has 1 aliphatic rings. The van der Waals surface area contributed by atoms with Crippen LogP contribution in [0.2, 0.25) is 0 Å². The number of alkyl halides is 1. The number of methoxy groups -OCH3 is 1. The molecule has 0 aromatic rings. The number of rotatable bonds is 1. The lowest BCUT2D eigenvalue weighted by Gasteiger charge is -2.36. The highest BCUT2D eigenvalue weighted by Gasteiger charge is 2.36. The Balaban J connectivity index is 2.54. The lowest BCUT2D eigenvalue weighted by atomic mass is 10.1. The van der Waals surface area contributed by atoms with Crippen molar-refractivity contribution < 1.29 is 9.47 Å². The Morgan fingerprint density at radius 3 is 2.80 bits per heavy atom. The molecule has 0 spiro atoms. The van der Waals surface area contributed by atoms with Gasteiger partial charge in [-0.15, -0.1) is 11.6 Å². The third-order valence-corrected chi connectivity index (χ3v) is 2.58. The Hall–Kier alpha value is 0.210. The molecule has 3 heteroatoms. The number of ether oxygens (including phenoxy) is 2. The molecule has 2 atom stereocenters. The molecule has 0 amide bonds. The first-order chi connectivity index (χ1) is 4.69. The highest BCUT2D eigenvalue weighted by atomic mass is 35.5. The minimum Gasteiger partial charge on any atom is -0.352 e. The van der Waals surface area contributed by atoms with Crippen molar-refractivity contribution in [3.05, 3.63) is 0 Å². The summed E-state index contributed by atoms with van der Waals surface area (Å²) in [6.07, 6.45) is 2.01. The monoisotopic (exact) mass is 164 g/mol. The largest absolute Gasteiger partial charge is 0.352 e. The molecule has 0 radical (unpaired) electrons. The second-order valence-corrected chi connectivity index (χ2v) is 3.21. The van der Waals surface area contributed by atoms with Crippen LogP contribution in [0.3, 0.4) is 0 Å². The average molecular weight is 165 g/mol. The van der Waals surface area contributed by atoms with E-state index in [-0.39, 0.29) is 5.38 Å². The van der Waals surface area contributed by atoms with E-state index in [1.165, 1.54) is 0 Å². The van der Waals surface area contributed by atoms with E-state index in [1.54, 1.807) is 7.11 Å². The summed E-state index contributed by atoms with van der Waals surface area (Å²) in [7, 11) is 1.63. The highest BCUT2D eigenvalue weighted by Crippen LogP contribution is 2.29. The SMILES string of the molecule is CO[C@]1(C)OCCC[C@@H]1Cl. The van der Waals surface area contributed by atoms with Crippen LogP contribution < -0.4 is 0 Å². The summed E-state index contributed by atoms with van der Waals surface area (Å²) in [5.74, 6) is -0.556. The minimum atomic E-state index is -0.556. The quantitative estimate of drug-likeness (QED) is 0.550. The van der Waals surface area contributed by atoms with Crippen molar-refractivity contribution in [3.8, 4) is 0 Å². The van der Waals surface area contributed by atoms with Gasteiger partial charge in [0.1, 0.15) is 0 Å². The lowest BCUT2D eigenvalue weighted by Crippen LogP contribution is -2.44. The average Bonchev–Trinajstić information content (AvgIpc) is 1.96. The maximum absolute atomic E-state index is 5.97. The second kappa shape index (κ2) is 3.07. The summed E-state index contributed by atoms with van der Waals surface area (Å²) in [4.78, 5) is 0. The molecule has 0 bridgehead atoms. The standard InChI is InChI=1S/C7H13ClO2/c1-7(9-2)6(8)4-3-5-10-7/h6H,3-5H2,1-2H3/t6-,7+/m0/s1. The van der Waals surface area contributed by atoms with Crippen molar-refractivity contribution in [2.75, 3.05) is 13.7 Å². The van der Waals surface area contributed by atoms with Crippen LogP contribution in [-0.2, 0) is 9.47 Å². The van der Waals surface area contributed by atoms with E-state index in [0.717, 1.165) is 19.4 Å². The van der Waals surface area contributed by atoms with Crippen molar-refractivity contribution in [1.29, 1.82) is 0 Å². The van der Waals surface area contributed by atoms with Gasteiger partial charge in [0, 0.05) is 7.11 Å². The molecule has 0 aromatic carbocycles. The van der Waals surface area contributed by atoms with Crippen molar-refractivity contribution in [2.24, 2.45) is 0 Å². The fourth-order valence-corrected chi connectivity index (χ4v) is 1.38. The van der Waals surface area contributed by atoms with Gasteiger partial charge in [0.05, 0.1) is 12.0 Å². The minimum absolute atomic E-state index is 0.00810. The molecule has 2 nitrogen and oxygen atoms in total. The van der Waals surface area contributed by atoms with E-state index in [9.17, 15) is 0 Å². The second-order valence-electron chi connectivity index (χ2n) is 2.68. The van der Waals surface area contributed by atoms with Crippen LogP contribution in [0, 0.1) is 0 Å². The van der Waals surface area contributed by atoms with Gasteiger partial charge in [0.25, 0.3) is 0 Å². The summed E-state index contributed by atoms with van der Waals surface area (Å²) < 4.78 is 10.5. The van der Waals surface area contributed by atoms with Crippen LogP contribution >= 0.6 is 11.6 Å². The lowest BCUT2D eigenvalue weighted by molar-refractivity contribution is -0.226. The number of halogens is 1. The zero-order valence-electron chi connectivity index (χ0n) is 6.39. The van der Waals surface area contributed by atoms with E-state index in [0.29, 0.717) is 0 Å². The molecule has 10 heavy (non-hydrogen) atoms. The number of hydrogen-bond donors (Lipinski definition) is 0. The third-order valence-electron chi connectivity index (χ3n) is 1.96. The topological polar surface area (TPSA) is 18.5 Å². The van der Waals surface area contributed by atoms with Crippen molar-refractivity contribution in [1.82, 2.24) is 0 Å². The van der Waals surface area contributed by atoms with Gasteiger partial charge in [-0.05, 0) is 19.8 Å². The Labute approximate surface area is 66.5 Å². The van der Waals surface area contributed by atoms with E-state index in [4.69, 9.17) is 21.1 Å². The van der Waals surface area contributed by atoms with Crippen LogP contribution in [-0.4, -0.2) is 24.9 Å². The van der Waals surface area contributed by atoms with Crippen molar-refractivity contribution in [3.63, 3.8) is 0 Å². The van der Waals surface area contributed by atoms with Gasteiger partial charge in [0.15, 0.2) is 5.79 Å². The predicted octanol–water partition coefficient (Wildman–Crippen LogP) is 1.77. The first-order valence-electron chi connectivity index (χ1n) is 3.52. The smallest absolute Gasteiger partial charge is 0.181 e. The fraction of sp³-hybridized carbons (Fsp3) is 1.00. The van der Waals surface area contributed by atoms with Crippen LogP contribution in [0.15, 0.2) is 0 Å². The molecule has 1 fully saturated rings. The van der Waals surface area contributed by atoms with Gasteiger partial charge in [-0.1, -0.05) is 0 Å². The molecule has 0 unspecified atom stereocenters. The van der Waals surface area contributed by atoms with Gasteiger partial charge < -0.3 is 9.47 Å². The molecule has 60 valence electrons. The van der Waals surface area contributed by atoms with Crippen LogP contribution in [0.1, 0.15) is 19.8 Å². The zero-order chi connectivity index (χ0) is 7.61. The summed E-state index contributed by atoms with van der Waals surface area (Å²) in [5.41, 5.74) is 0. The molecule has 0 N–H and O–H groups in total. The van der Waals surface area contributed by atoms with Crippen LogP contribution in [0.25, 0.3) is 0 Å². The summed E-state index contributed by atoms with van der Waals surface area (Å²) in [6, 6.07) is 0. The van der Waals surface area contributed by atoms with Gasteiger partial charge in [-0.3, -0.25) is 0 Å². The van der Waals surface area contributed by atoms with E-state index in [1.807, 2.05) is 6.92 Å². The van der Waals surface area contributed by atoms with Crippen molar-refractivity contribution >= 4 is 11.6 Å². The Morgan fingerprint density at radius 2 is 2.40 bits per heavy atom. The molecule has 1 saturated heterocycles. The molecule has 1 aliphatic heterocycles. The molecule has 0 aliphatic carbocycles. The van der Waals surface area contributed by atoms with E-state index >= 15 is 0 Å². The Morgan fingerprint density at radius 1 is 1.70 bits per heavy atom. The maximum atomic E-state index is 5.97. The predicted molar refractivity (Wildman–Crippen MR) is 40.2 cm³/mol. The van der Waals surface area contributed by atoms with Gasteiger partial charge in [0.2, 0.25) is 0 Å². The molecular formula is C7H13ClO2. The van der Waals surface area contributed by atoms with Gasteiger partial charge in [-0.25, -0.2) is 0 Å².